The van der Waals surface area contributed by atoms with Gasteiger partial charge in [-0.05, 0) is 5.18 Å². The van der Waals surface area contributed by atoms with E-state index < -0.39 is 0 Å². The average Bonchev–Trinajstić information content (AvgIpc) is 1.38. The molecule has 0 aromatic rings. The third-order valence-corrected chi connectivity index (χ3v) is 0.168. The number of nitroso groups, excluding NO2 is 1. The third kappa shape index (κ3) is 3.63. The molecular weight excluding hydrogens is 89.5 g/mol. The largest absolute Gasteiger partial charge is 0.166 e. The van der Waals surface area contributed by atoms with E-state index in [-0.39, 0.29) is 5.16 Å². The molecule has 0 spiro atoms. The number of halogens is 1. The Bertz CT molecular complexity index is 60.7. The Labute approximate surface area is 34.4 Å². The highest BCUT2D eigenvalue weighted by Crippen LogP contribution is 1.93. The summed E-state index contributed by atoms with van der Waals surface area (Å²) in [6.45, 7) is 2.96. The van der Waals surface area contributed by atoms with Gasteiger partial charge in [-0.15, -0.1) is 4.91 Å². The van der Waals surface area contributed by atoms with E-state index in [0.717, 1.165) is 0 Å². The minimum atomic E-state index is -0.204. The van der Waals surface area contributed by atoms with Gasteiger partial charge in [-0.1, -0.05) is 18.2 Å². The standard InChI is InChI=1S/C2H2ClNO/c1-2(3)4-5/h1H2. The number of nitrogens with zero attached hydrogens (tertiary/aromatic N) is 1. The molecule has 0 atom stereocenters. The second kappa shape index (κ2) is 1.91. The summed E-state index contributed by atoms with van der Waals surface area (Å²) in [5.74, 6) is 0. The molecule has 0 aliphatic carbocycles. The van der Waals surface area contributed by atoms with Gasteiger partial charge in [0.15, 0.2) is 5.16 Å². The van der Waals surface area contributed by atoms with Crippen LogP contribution in [0.4, 0.5) is 0 Å². The summed E-state index contributed by atoms with van der Waals surface area (Å²) in [7, 11) is 0. The summed E-state index contributed by atoms with van der Waals surface area (Å²) < 4.78 is 0. The smallest absolute Gasteiger partial charge is 0.144 e. The average molecular weight is 91.5 g/mol. The summed E-state index contributed by atoms with van der Waals surface area (Å²) in [5, 5.41) is 2.01. The van der Waals surface area contributed by atoms with Crippen molar-refractivity contribution in [2.45, 2.75) is 0 Å². The summed E-state index contributed by atoms with van der Waals surface area (Å²) in [4.78, 5) is 9.02. The van der Waals surface area contributed by atoms with Crippen LogP contribution in [0, 0.1) is 4.91 Å². The maximum Gasteiger partial charge on any atom is 0.166 e. The lowest BCUT2D eigenvalue weighted by atomic mass is 11.1. The quantitative estimate of drug-likeness (QED) is 0.355. The molecule has 0 bridgehead atoms. The van der Waals surface area contributed by atoms with Gasteiger partial charge in [0, 0.05) is 0 Å². The number of hydrogen-bond donors (Lipinski definition) is 0. The molecule has 0 saturated carbocycles. The Balaban J connectivity index is 3.20. The Morgan fingerprint density at radius 2 is 2.20 bits per heavy atom. The van der Waals surface area contributed by atoms with Crippen LogP contribution in [0.3, 0.4) is 0 Å². The number of hydrogen-bond acceptors (Lipinski definition) is 2. The third-order valence-electron chi connectivity index (χ3n) is 0.0991. The van der Waals surface area contributed by atoms with E-state index >= 15 is 0 Å². The Kier molecular flexibility index (Phi) is 1.76. The normalized spacial score (nSPS) is 6.60. The van der Waals surface area contributed by atoms with Crippen LogP contribution in [0.2, 0.25) is 0 Å². The lowest BCUT2D eigenvalue weighted by molar-refractivity contribution is 1.51. The van der Waals surface area contributed by atoms with Gasteiger partial charge < -0.3 is 0 Å². The molecule has 0 aliphatic heterocycles. The molecule has 0 radical (unpaired) electrons. The van der Waals surface area contributed by atoms with Crippen LogP contribution in [0.15, 0.2) is 16.9 Å². The van der Waals surface area contributed by atoms with Crippen LogP contribution in [-0.2, 0) is 0 Å². The molecule has 0 rings (SSSR count). The van der Waals surface area contributed by atoms with Gasteiger partial charge in [0.25, 0.3) is 0 Å². The highest BCUT2D eigenvalue weighted by atomic mass is 35.5. The summed E-state index contributed by atoms with van der Waals surface area (Å²) >= 11 is 4.79. The Morgan fingerprint density at radius 3 is 2.20 bits per heavy atom. The first-order chi connectivity index (χ1) is 2.27. The minimum absolute atomic E-state index is 0.204. The van der Waals surface area contributed by atoms with Crippen LogP contribution in [0.5, 0.6) is 0 Å². The van der Waals surface area contributed by atoms with Crippen LogP contribution >= 0.6 is 11.6 Å². The van der Waals surface area contributed by atoms with Crippen molar-refractivity contribution in [1.82, 2.24) is 0 Å². The van der Waals surface area contributed by atoms with Crippen molar-refractivity contribution >= 4 is 11.6 Å². The van der Waals surface area contributed by atoms with Gasteiger partial charge in [-0.2, -0.15) is 0 Å². The van der Waals surface area contributed by atoms with Crippen molar-refractivity contribution in [3.8, 4) is 0 Å². The molecule has 0 unspecified atom stereocenters. The molecule has 0 amide bonds. The van der Waals surface area contributed by atoms with Gasteiger partial charge in [0.05, 0.1) is 0 Å². The first-order valence-corrected chi connectivity index (χ1v) is 1.33. The summed E-state index contributed by atoms with van der Waals surface area (Å²) in [6.07, 6.45) is 0. The van der Waals surface area contributed by atoms with Crippen molar-refractivity contribution in [1.29, 1.82) is 0 Å². The lowest BCUT2D eigenvalue weighted by Crippen LogP contribution is -1.42. The molecule has 0 heterocycles. The fraction of sp³-hybridized carbons (Fsp3) is 0. The predicted molar refractivity (Wildman–Crippen MR) is 20.8 cm³/mol. The fourth-order valence-corrected chi connectivity index (χ4v) is 0. The first kappa shape index (κ1) is 4.63. The SMILES string of the molecule is C=C(Cl)N=O. The molecule has 3 heteroatoms. The van der Waals surface area contributed by atoms with Crippen molar-refractivity contribution in [3.05, 3.63) is 16.6 Å². The zero-order valence-electron chi connectivity index (χ0n) is 2.44. The van der Waals surface area contributed by atoms with Crippen molar-refractivity contribution in [3.63, 3.8) is 0 Å². The minimum Gasteiger partial charge on any atom is -0.144 e. The molecule has 0 aromatic heterocycles. The molecule has 0 aliphatic rings. The maximum absolute atomic E-state index is 9.02. The van der Waals surface area contributed by atoms with Gasteiger partial charge >= 0.3 is 0 Å². The molecule has 5 heavy (non-hydrogen) atoms. The Morgan fingerprint density at radius 1 is 2.00 bits per heavy atom. The second-order valence-electron chi connectivity index (χ2n) is 0.468. The van der Waals surface area contributed by atoms with Crippen LogP contribution in [-0.4, -0.2) is 0 Å². The van der Waals surface area contributed by atoms with E-state index in [1.54, 1.807) is 0 Å². The van der Waals surface area contributed by atoms with Gasteiger partial charge in [0.2, 0.25) is 0 Å². The zero-order valence-corrected chi connectivity index (χ0v) is 3.20. The van der Waals surface area contributed by atoms with Gasteiger partial charge in [0.1, 0.15) is 0 Å². The van der Waals surface area contributed by atoms with Crippen molar-refractivity contribution in [2.24, 2.45) is 5.18 Å². The fourth-order valence-electron chi connectivity index (χ4n) is 0. The predicted octanol–water partition coefficient (Wildman–Crippen LogP) is 1.46. The van der Waals surface area contributed by atoms with E-state index in [1.165, 1.54) is 0 Å². The van der Waals surface area contributed by atoms with E-state index in [9.17, 15) is 0 Å². The van der Waals surface area contributed by atoms with E-state index in [0.29, 0.717) is 0 Å². The molecule has 0 saturated heterocycles. The van der Waals surface area contributed by atoms with Crippen LogP contribution < -0.4 is 0 Å². The van der Waals surface area contributed by atoms with Gasteiger partial charge in [-0.3, -0.25) is 0 Å². The number of rotatable bonds is 1. The monoisotopic (exact) mass is 91.0 g/mol. The molecular formula is C2H2ClNO. The highest BCUT2D eigenvalue weighted by molar-refractivity contribution is 6.28. The molecule has 0 aromatic carbocycles. The van der Waals surface area contributed by atoms with Crippen molar-refractivity contribution < 1.29 is 0 Å². The Hall–Kier alpha value is -0.370. The topological polar surface area (TPSA) is 29.4 Å². The first-order valence-electron chi connectivity index (χ1n) is 0.949. The van der Waals surface area contributed by atoms with E-state index in [1.807, 2.05) is 0 Å². The molecule has 0 fully saturated rings. The van der Waals surface area contributed by atoms with E-state index in [4.69, 9.17) is 16.5 Å². The van der Waals surface area contributed by atoms with Crippen molar-refractivity contribution in [2.75, 3.05) is 0 Å². The van der Waals surface area contributed by atoms with Gasteiger partial charge in [-0.25, -0.2) is 0 Å². The van der Waals surface area contributed by atoms with Crippen LogP contribution in [0.1, 0.15) is 0 Å². The molecule has 28 valence electrons. The summed E-state index contributed by atoms with van der Waals surface area (Å²) in [6, 6.07) is 0. The lowest BCUT2D eigenvalue weighted by Gasteiger charge is -1.61. The highest BCUT2D eigenvalue weighted by Gasteiger charge is 1.71. The molecule has 2 nitrogen and oxygen atoms in total. The maximum atomic E-state index is 9.02. The summed E-state index contributed by atoms with van der Waals surface area (Å²) in [5.41, 5.74) is 0. The second-order valence-corrected chi connectivity index (χ2v) is 0.904. The van der Waals surface area contributed by atoms with Crippen LogP contribution in [0.25, 0.3) is 0 Å². The molecule has 0 N–H and O–H groups in total. The van der Waals surface area contributed by atoms with E-state index in [2.05, 4.69) is 11.8 Å². The zero-order chi connectivity index (χ0) is 4.28.